The number of fused-ring (bicyclic) bond motifs is 2. The van der Waals surface area contributed by atoms with Gasteiger partial charge in [-0.15, -0.1) is 0 Å². The lowest BCUT2D eigenvalue weighted by Gasteiger charge is -2.16. The Kier molecular flexibility index (Phi) is 3.61. The van der Waals surface area contributed by atoms with E-state index >= 15 is 0 Å². The Bertz CT molecular complexity index is 1280. The van der Waals surface area contributed by atoms with E-state index in [9.17, 15) is 9.59 Å². The summed E-state index contributed by atoms with van der Waals surface area (Å²) >= 11 is 0. The Morgan fingerprint density at radius 2 is 1.89 bits per heavy atom. The van der Waals surface area contributed by atoms with Gasteiger partial charge in [-0.3, -0.25) is 18.6 Å². The van der Waals surface area contributed by atoms with Crippen LogP contribution in [0.3, 0.4) is 0 Å². The Labute approximate surface area is 160 Å². The van der Waals surface area contributed by atoms with Crippen molar-refractivity contribution in [1.82, 2.24) is 28.8 Å². The number of pyridine rings is 1. The molecule has 1 atom stereocenters. The van der Waals surface area contributed by atoms with Crippen molar-refractivity contribution in [3.05, 3.63) is 58.8 Å². The standard InChI is InChI=1S/C20H20N6O2/c1-23-16-8-5-10-21-18(16)26(20(23)28)13-9-11-25(12-13)19(27)17-14-6-3-4-7-15(14)24(2)22-17/h3-8,10,13H,9,11-12H2,1-2H3/t13-/m1/s1. The van der Waals surface area contributed by atoms with Gasteiger partial charge < -0.3 is 4.90 Å². The summed E-state index contributed by atoms with van der Waals surface area (Å²) in [6, 6.07) is 11.3. The summed E-state index contributed by atoms with van der Waals surface area (Å²) in [6.07, 6.45) is 2.41. The smallest absolute Gasteiger partial charge is 0.330 e. The molecule has 4 heterocycles. The van der Waals surface area contributed by atoms with E-state index in [2.05, 4.69) is 10.1 Å². The molecule has 1 aromatic carbocycles. The van der Waals surface area contributed by atoms with Crippen molar-refractivity contribution in [3.8, 4) is 0 Å². The Morgan fingerprint density at radius 1 is 1.11 bits per heavy atom. The molecule has 4 aromatic rings. The average Bonchev–Trinajstić information content (AvgIpc) is 3.39. The van der Waals surface area contributed by atoms with Crippen LogP contribution in [0.15, 0.2) is 47.4 Å². The molecular weight excluding hydrogens is 356 g/mol. The first-order valence-electron chi connectivity index (χ1n) is 9.29. The number of amides is 1. The zero-order chi connectivity index (χ0) is 19.4. The fourth-order valence-electron chi connectivity index (χ4n) is 4.18. The molecule has 0 aliphatic carbocycles. The third-order valence-corrected chi connectivity index (χ3v) is 5.62. The average molecular weight is 376 g/mol. The van der Waals surface area contributed by atoms with Gasteiger partial charge in [0.1, 0.15) is 0 Å². The van der Waals surface area contributed by atoms with E-state index in [0.29, 0.717) is 30.9 Å². The van der Waals surface area contributed by atoms with Gasteiger partial charge in [0.2, 0.25) is 0 Å². The van der Waals surface area contributed by atoms with Gasteiger partial charge in [-0.05, 0) is 24.6 Å². The maximum absolute atomic E-state index is 13.1. The van der Waals surface area contributed by atoms with Gasteiger partial charge in [0.25, 0.3) is 5.91 Å². The number of carbonyl (C=O) groups is 1. The number of carbonyl (C=O) groups excluding carboxylic acids is 1. The molecule has 1 fully saturated rings. The summed E-state index contributed by atoms with van der Waals surface area (Å²) in [5, 5.41) is 5.29. The summed E-state index contributed by atoms with van der Waals surface area (Å²) in [5.41, 5.74) is 2.75. The molecule has 1 aliphatic heterocycles. The predicted octanol–water partition coefficient (Wildman–Crippen LogP) is 1.71. The quantitative estimate of drug-likeness (QED) is 0.534. The van der Waals surface area contributed by atoms with Crippen LogP contribution < -0.4 is 5.69 Å². The molecule has 3 aromatic heterocycles. The Balaban J connectivity index is 1.49. The van der Waals surface area contributed by atoms with E-state index in [1.165, 1.54) is 0 Å². The molecule has 0 spiro atoms. The number of hydrogen-bond acceptors (Lipinski definition) is 4. The largest absolute Gasteiger partial charge is 0.335 e. The second kappa shape index (κ2) is 6.05. The number of benzene rings is 1. The summed E-state index contributed by atoms with van der Waals surface area (Å²) in [5.74, 6) is -0.0967. The fourth-order valence-corrected chi connectivity index (χ4v) is 4.18. The van der Waals surface area contributed by atoms with E-state index in [1.807, 2.05) is 43.4 Å². The Hall–Kier alpha value is -3.42. The van der Waals surface area contributed by atoms with Gasteiger partial charge in [-0.25, -0.2) is 9.78 Å². The summed E-state index contributed by atoms with van der Waals surface area (Å²) in [4.78, 5) is 32.1. The monoisotopic (exact) mass is 376 g/mol. The number of likely N-dealkylation sites (tertiary alicyclic amines) is 1. The first kappa shape index (κ1) is 16.7. The second-order valence-electron chi connectivity index (χ2n) is 7.24. The highest BCUT2D eigenvalue weighted by Gasteiger charge is 2.32. The van der Waals surface area contributed by atoms with Crippen molar-refractivity contribution in [3.63, 3.8) is 0 Å². The van der Waals surface area contributed by atoms with E-state index in [-0.39, 0.29) is 17.6 Å². The number of hydrogen-bond donors (Lipinski definition) is 0. The van der Waals surface area contributed by atoms with E-state index in [0.717, 1.165) is 16.4 Å². The highest BCUT2D eigenvalue weighted by Crippen LogP contribution is 2.26. The Morgan fingerprint density at radius 3 is 2.75 bits per heavy atom. The molecule has 8 heteroatoms. The van der Waals surface area contributed by atoms with E-state index in [1.54, 1.807) is 32.0 Å². The summed E-state index contributed by atoms with van der Waals surface area (Å²) in [7, 11) is 3.59. The van der Waals surface area contributed by atoms with Crippen LogP contribution in [0.4, 0.5) is 0 Å². The molecule has 1 amide bonds. The van der Waals surface area contributed by atoms with Gasteiger partial charge in [0, 0.05) is 38.8 Å². The van der Waals surface area contributed by atoms with Crippen LogP contribution in [0.2, 0.25) is 0 Å². The molecular formula is C20H20N6O2. The van der Waals surface area contributed by atoms with Gasteiger partial charge in [0.05, 0.1) is 17.1 Å². The highest BCUT2D eigenvalue weighted by molar-refractivity contribution is 6.04. The van der Waals surface area contributed by atoms with Crippen LogP contribution >= 0.6 is 0 Å². The van der Waals surface area contributed by atoms with Gasteiger partial charge in [-0.2, -0.15) is 5.10 Å². The lowest BCUT2D eigenvalue weighted by molar-refractivity contribution is 0.0783. The normalized spacial score (nSPS) is 17.1. The van der Waals surface area contributed by atoms with E-state index in [4.69, 9.17) is 0 Å². The summed E-state index contributed by atoms with van der Waals surface area (Å²) < 4.78 is 5.06. The molecule has 5 rings (SSSR count). The van der Waals surface area contributed by atoms with Crippen molar-refractivity contribution in [2.75, 3.05) is 13.1 Å². The van der Waals surface area contributed by atoms with Crippen LogP contribution in [0, 0.1) is 0 Å². The van der Waals surface area contributed by atoms with Crippen molar-refractivity contribution in [2.24, 2.45) is 14.1 Å². The van der Waals surface area contributed by atoms with Gasteiger partial charge >= 0.3 is 5.69 Å². The second-order valence-corrected chi connectivity index (χ2v) is 7.24. The van der Waals surface area contributed by atoms with Crippen molar-refractivity contribution in [2.45, 2.75) is 12.5 Å². The molecule has 1 saturated heterocycles. The van der Waals surface area contributed by atoms with Crippen LogP contribution in [0.1, 0.15) is 23.0 Å². The number of rotatable bonds is 2. The third kappa shape index (κ3) is 2.30. The number of nitrogens with zero attached hydrogens (tertiary/aromatic N) is 6. The lowest BCUT2D eigenvalue weighted by Crippen LogP contribution is -2.32. The highest BCUT2D eigenvalue weighted by atomic mass is 16.2. The maximum atomic E-state index is 13.1. The molecule has 1 aliphatic rings. The number of aromatic nitrogens is 5. The minimum atomic E-state index is -0.101. The SMILES string of the molecule is Cn1nc(C(=O)N2CC[C@@H](n3c(=O)n(C)c4cccnc43)C2)c2ccccc21. The predicted molar refractivity (Wildman–Crippen MR) is 105 cm³/mol. The number of imidazole rings is 1. The van der Waals surface area contributed by atoms with Crippen molar-refractivity contribution < 1.29 is 4.79 Å². The molecule has 28 heavy (non-hydrogen) atoms. The molecule has 0 unspecified atom stereocenters. The van der Waals surface area contributed by atoms with Crippen molar-refractivity contribution in [1.29, 1.82) is 0 Å². The van der Waals surface area contributed by atoms with Gasteiger partial charge in [-0.1, -0.05) is 18.2 Å². The first-order valence-corrected chi connectivity index (χ1v) is 9.29. The molecule has 0 saturated carbocycles. The molecule has 0 radical (unpaired) electrons. The zero-order valence-electron chi connectivity index (χ0n) is 15.7. The zero-order valence-corrected chi connectivity index (χ0v) is 15.7. The number of aryl methyl sites for hydroxylation is 2. The molecule has 0 N–H and O–H groups in total. The topological polar surface area (TPSA) is 78.0 Å². The van der Waals surface area contributed by atoms with E-state index < -0.39 is 0 Å². The lowest BCUT2D eigenvalue weighted by atomic mass is 10.2. The summed E-state index contributed by atoms with van der Waals surface area (Å²) in [6.45, 7) is 1.06. The molecule has 142 valence electrons. The van der Waals surface area contributed by atoms with Gasteiger partial charge in [0.15, 0.2) is 11.3 Å². The maximum Gasteiger partial charge on any atom is 0.330 e. The minimum absolute atomic E-state index is 0.0926. The van der Waals surface area contributed by atoms with Crippen molar-refractivity contribution >= 4 is 28.0 Å². The van der Waals surface area contributed by atoms with Crippen LogP contribution in [-0.4, -0.2) is 47.8 Å². The number of para-hydroxylation sites is 1. The van der Waals surface area contributed by atoms with Crippen LogP contribution in [0.25, 0.3) is 22.1 Å². The first-order chi connectivity index (χ1) is 13.6. The van der Waals surface area contributed by atoms with Crippen LogP contribution in [-0.2, 0) is 14.1 Å². The molecule has 8 nitrogen and oxygen atoms in total. The third-order valence-electron chi connectivity index (χ3n) is 5.62. The molecule has 0 bridgehead atoms. The fraction of sp³-hybridized carbons (Fsp3) is 0.300. The van der Waals surface area contributed by atoms with Crippen LogP contribution in [0.5, 0.6) is 0 Å². The minimum Gasteiger partial charge on any atom is -0.335 e.